The highest BCUT2D eigenvalue weighted by atomic mass is 16.5. The average molecular weight is 443 g/mol. The molecule has 0 aliphatic rings. The third-order valence-electron chi connectivity index (χ3n) is 5.77. The highest BCUT2D eigenvalue weighted by Gasteiger charge is 2.19. The molecule has 33 heavy (non-hydrogen) atoms. The Morgan fingerprint density at radius 1 is 1.06 bits per heavy atom. The Kier molecular flexibility index (Phi) is 8.60. The second-order valence-corrected chi connectivity index (χ2v) is 8.19. The van der Waals surface area contributed by atoms with Crippen molar-refractivity contribution in [2.45, 2.75) is 51.9 Å². The van der Waals surface area contributed by atoms with Crippen molar-refractivity contribution in [3.63, 3.8) is 0 Å². The summed E-state index contributed by atoms with van der Waals surface area (Å²) in [6.45, 7) is 4.40. The van der Waals surface area contributed by atoms with Crippen molar-refractivity contribution in [3.8, 4) is 6.07 Å². The van der Waals surface area contributed by atoms with E-state index in [2.05, 4.69) is 18.3 Å². The topological polar surface area (TPSA) is 79.2 Å². The number of carbonyl (C=O) groups is 2. The predicted molar refractivity (Wildman–Crippen MR) is 131 cm³/mol. The van der Waals surface area contributed by atoms with Gasteiger partial charge in [0.1, 0.15) is 0 Å². The Bertz CT molecular complexity index is 1160. The first-order chi connectivity index (χ1) is 16.0. The maximum Gasteiger partial charge on any atom is 0.305 e. The molecule has 1 N–H and O–H groups in total. The van der Waals surface area contributed by atoms with E-state index in [0.717, 1.165) is 34.7 Å². The number of fused-ring (bicyclic) bond motifs is 1. The minimum atomic E-state index is -0.372. The summed E-state index contributed by atoms with van der Waals surface area (Å²) in [6, 6.07) is 21.4. The molecule has 0 aliphatic heterocycles. The summed E-state index contributed by atoms with van der Waals surface area (Å²) >= 11 is 0. The average Bonchev–Trinajstić information content (AvgIpc) is 2.84. The molecule has 0 heterocycles. The molecule has 3 rings (SSSR count). The van der Waals surface area contributed by atoms with Gasteiger partial charge in [0.2, 0.25) is 5.91 Å². The van der Waals surface area contributed by atoms with Crippen LogP contribution in [-0.4, -0.2) is 18.5 Å². The molecule has 5 nitrogen and oxygen atoms in total. The number of nitrogens with one attached hydrogen (secondary N) is 1. The zero-order valence-electron chi connectivity index (χ0n) is 19.3. The standard InChI is InChI=1S/C28H30N2O3/c1-3-4-17-33-27(31)14-8-11-23-16-15-21(19-29)18-26(23)30-28(32)20(2)24-13-7-10-22-9-5-6-12-25(22)24/h5-7,9-10,12-13,15-16,18,20H,3-4,8,11,14,17H2,1-2H3,(H,30,32). The highest BCUT2D eigenvalue weighted by Crippen LogP contribution is 2.28. The van der Waals surface area contributed by atoms with Crippen LogP contribution in [0.1, 0.15) is 62.1 Å². The number of rotatable bonds is 10. The normalized spacial score (nSPS) is 11.5. The van der Waals surface area contributed by atoms with Gasteiger partial charge in [-0.15, -0.1) is 0 Å². The van der Waals surface area contributed by atoms with Gasteiger partial charge in [-0.2, -0.15) is 5.26 Å². The quantitative estimate of drug-likeness (QED) is 0.303. The van der Waals surface area contributed by atoms with E-state index in [1.807, 2.05) is 55.5 Å². The van der Waals surface area contributed by atoms with Crippen molar-refractivity contribution in [2.75, 3.05) is 11.9 Å². The smallest absolute Gasteiger partial charge is 0.305 e. The zero-order valence-corrected chi connectivity index (χ0v) is 19.3. The third-order valence-corrected chi connectivity index (χ3v) is 5.77. The third kappa shape index (κ3) is 6.43. The largest absolute Gasteiger partial charge is 0.466 e. The van der Waals surface area contributed by atoms with Crippen LogP contribution in [0.4, 0.5) is 5.69 Å². The highest BCUT2D eigenvalue weighted by molar-refractivity contribution is 5.99. The zero-order chi connectivity index (χ0) is 23.6. The van der Waals surface area contributed by atoms with Gasteiger partial charge < -0.3 is 10.1 Å². The Morgan fingerprint density at radius 2 is 1.85 bits per heavy atom. The number of benzene rings is 3. The van der Waals surface area contributed by atoms with Gasteiger partial charge in [-0.25, -0.2) is 0 Å². The fourth-order valence-corrected chi connectivity index (χ4v) is 3.82. The molecule has 1 amide bonds. The first-order valence-electron chi connectivity index (χ1n) is 11.5. The number of anilines is 1. The maximum atomic E-state index is 13.2. The summed E-state index contributed by atoms with van der Waals surface area (Å²) < 4.78 is 5.22. The Labute approximate surface area is 195 Å². The molecule has 5 heteroatoms. The summed E-state index contributed by atoms with van der Waals surface area (Å²) in [6.07, 6.45) is 3.39. The minimum absolute atomic E-state index is 0.137. The molecule has 3 aromatic carbocycles. The van der Waals surface area contributed by atoms with Gasteiger partial charge in [-0.1, -0.05) is 61.9 Å². The first-order valence-corrected chi connectivity index (χ1v) is 11.5. The van der Waals surface area contributed by atoms with Crippen LogP contribution in [-0.2, 0) is 20.7 Å². The monoisotopic (exact) mass is 442 g/mol. The molecule has 0 fully saturated rings. The van der Waals surface area contributed by atoms with E-state index in [1.54, 1.807) is 12.1 Å². The molecule has 0 bridgehead atoms. The van der Waals surface area contributed by atoms with Crippen LogP contribution in [0.25, 0.3) is 10.8 Å². The number of nitriles is 1. The van der Waals surface area contributed by atoms with Crippen molar-refractivity contribution in [3.05, 3.63) is 77.4 Å². The summed E-state index contributed by atoms with van der Waals surface area (Å²) in [5, 5.41) is 14.5. The van der Waals surface area contributed by atoms with Crippen LogP contribution in [0.3, 0.4) is 0 Å². The van der Waals surface area contributed by atoms with Crippen molar-refractivity contribution in [1.29, 1.82) is 5.26 Å². The van der Waals surface area contributed by atoms with E-state index in [-0.39, 0.29) is 17.8 Å². The molecule has 0 aromatic heterocycles. The number of hydrogen-bond donors (Lipinski definition) is 1. The molecule has 1 unspecified atom stereocenters. The molecular formula is C28H30N2O3. The Morgan fingerprint density at radius 3 is 2.64 bits per heavy atom. The number of esters is 1. The number of hydrogen-bond acceptors (Lipinski definition) is 4. The molecule has 0 aliphatic carbocycles. The molecular weight excluding hydrogens is 412 g/mol. The maximum absolute atomic E-state index is 13.2. The van der Waals surface area contributed by atoms with Crippen LogP contribution >= 0.6 is 0 Å². The predicted octanol–water partition coefficient (Wildman–Crippen LogP) is 6.12. The lowest BCUT2D eigenvalue weighted by Gasteiger charge is -2.17. The van der Waals surface area contributed by atoms with Crippen molar-refractivity contribution in [2.24, 2.45) is 0 Å². The van der Waals surface area contributed by atoms with Gasteiger partial charge >= 0.3 is 5.97 Å². The second-order valence-electron chi connectivity index (χ2n) is 8.19. The molecule has 0 radical (unpaired) electrons. The van der Waals surface area contributed by atoms with E-state index in [4.69, 9.17) is 4.74 Å². The Hall–Kier alpha value is -3.65. The lowest BCUT2D eigenvalue weighted by atomic mass is 9.94. The van der Waals surface area contributed by atoms with E-state index >= 15 is 0 Å². The van der Waals surface area contributed by atoms with Crippen molar-refractivity contribution in [1.82, 2.24) is 0 Å². The van der Waals surface area contributed by atoms with Gasteiger partial charge in [-0.05, 0) is 60.2 Å². The van der Waals surface area contributed by atoms with Gasteiger partial charge in [0.05, 0.1) is 24.2 Å². The van der Waals surface area contributed by atoms with Gasteiger partial charge in [-0.3, -0.25) is 9.59 Å². The van der Waals surface area contributed by atoms with E-state index < -0.39 is 0 Å². The summed E-state index contributed by atoms with van der Waals surface area (Å²) in [7, 11) is 0. The Balaban J connectivity index is 1.71. The number of amides is 1. The molecule has 1 atom stereocenters. The number of unbranched alkanes of at least 4 members (excludes halogenated alkanes) is 1. The van der Waals surface area contributed by atoms with Crippen LogP contribution in [0.2, 0.25) is 0 Å². The number of ether oxygens (including phenoxy) is 1. The second kappa shape index (κ2) is 11.8. The number of aryl methyl sites for hydroxylation is 1. The van der Waals surface area contributed by atoms with Gasteiger partial charge in [0, 0.05) is 12.1 Å². The molecule has 0 spiro atoms. The lowest BCUT2D eigenvalue weighted by Crippen LogP contribution is -2.20. The number of carbonyl (C=O) groups excluding carboxylic acids is 2. The van der Waals surface area contributed by atoms with Crippen LogP contribution in [0.15, 0.2) is 60.7 Å². The lowest BCUT2D eigenvalue weighted by molar-refractivity contribution is -0.143. The minimum Gasteiger partial charge on any atom is -0.466 e. The van der Waals surface area contributed by atoms with E-state index in [0.29, 0.717) is 37.1 Å². The van der Waals surface area contributed by atoms with Crippen molar-refractivity contribution < 1.29 is 14.3 Å². The van der Waals surface area contributed by atoms with E-state index in [1.165, 1.54) is 0 Å². The van der Waals surface area contributed by atoms with Crippen molar-refractivity contribution >= 4 is 28.3 Å². The summed E-state index contributed by atoms with van der Waals surface area (Å²) in [5.74, 6) is -0.711. The molecule has 0 saturated heterocycles. The van der Waals surface area contributed by atoms with Crippen LogP contribution in [0.5, 0.6) is 0 Å². The van der Waals surface area contributed by atoms with Crippen LogP contribution < -0.4 is 5.32 Å². The fourth-order valence-electron chi connectivity index (χ4n) is 3.82. The molecule has 170 valence electrons. The summed E-state index contributed by atoms with van der Waals surface area (Å²) in [5.41, 5.74) is 2.95. The van der Waals surface area contributed by atoms with Gasteiger partial charge in [0.15, 0.2) is 0 Å². The molecule has 3 aromatic rings. The van der Waals surface area contributed by atoms with E-state index in [9.17, 15) is 14.9 Å². The fraction of sp³-hybridized carbons (Fsp3) is 0.321. The van der Waals surface area contributed by atoms with Crippen LogP contribution in [0, 0.1) is 11.3 Å². The first kappa shape index (κ1) is 24.0. The summed E-state index contributed by atoms with van der Waals surface area (Å²) in [4.78, 5) is 25.1. The van der Waals surface area contributed by atoms with Gasteiger partial charge in [0.25, 0.3) is 0 Å². The molecule has 0 saturated carbocycles. The SMILES string of the molecule is CCCCOC(=O)CCCc1ccc(C#N)cc1NC(=O)C(C)c1cccc2ccccc12. The number of nitrogens with zero attached hydrogens (tertiary/aromatic N) is 1.